The lowest BCUT2D eigenvalue weighted by molar-refractivity contribution is -0.126. The highest BCUT2D eigenvalue weighted by atomic mass is 79.9. The highest BCUT2D eigenvalue weighted by Crippen LogP contribution is 2.33. The molecule has 2 N–H and O–H groups in total. The van der Waals surface area contributed by atoms with Gasteiger partial charge in [0, 0.05) is 5.56 Å². The van der Waals surface area contributed by atoms with Crippen LogP contribution in [0.25, 0.3) is 11.3 Å². The van der Waals surface area contributed by atoms with Crippen LogP contribution >= 0.6 is 15.9 Å². The Morgan fingerprint density at radius 1 is 1.17 bits per heavy atom. The molecule has 1 aromatic carbocycles. The summed E-state index contributed by atoms with van der Waals surface area (Å²) in [6.07, 6.45) is 1.15. The van der Waals surface area contributed by atoms with Gasteiger partial charge in [-0.05, 0) is 28.1 Å². The van der Waals surface area contributed by atoms with Gasteiger partial charge in [0.25, 0.3) is 6.47 Å². The number of nitrogens with zero attached hydrogens (tertiary/aromatic N) is 1. The molecule has 2 rings (SSSR count). The summed E-state index contributed by atoms with van der Waals surface area (Å²) < 4.78 is 49.8. The Hall–Kier alpha value is -2.29. The maximum Gasteiger partial charge on any atom is 0.292 e. The van der Waals surface area contributed by atoms with Gasteiger partial charge in [-0.1, -0.05) is 0 Å². The number of rotatable bonds is 3. The molecule has 0 aliphatic rings. The molecule has 0 saturated heterocycles. The quantitative estimate of drug-likeness (QED) is 0.640. The number of nitrogen functional groups attached to an aromatic ring is 1. The number of hydrogen-bond donors (Lipinski definition) is 1. The predicted molar refractivity (Wildman–Crippen MR) is 81.3 cm³/mol. The third kappa shape index (κ3) is 4.13. The van der Waals surface area contributed by atoms with Crippen LogP contribution < -0.4 is 10.5 Å². The number of pyridine rings is 1. The first-order chi connectivity index (χ1) is 10.9. The van der Waals surface area contributed by atoms with Crippen molar-refractivity contribution in [3.63, 3.8) is 0 Å². The molecule has 0 atom stereocenters. The van der Waals surface area contributed by atoms with Crippen molar-refractivity contribution in [3.8, 4) is 17.0 Å². The van der Waals surface area contributed by atoms with E-state index < -0.39 is 17.5 Å². The van der Waals surface area contributed by atoms with Gasteiger partial charge in [0.2, 0.25) is 0 Å². The van der Waals surface area contributed by atoms with E-state index in [0.717, 1.165) is 6.20 Å². The zero-order chi connectivity index (χ0) is 17.6. The maximum absolute atomic E-state index is 14.0. The predicted octanol–water partition coefficient (Wildman–Crippen LogP) is 3.31. The average molecular weight is 393 g/mol. The molecule has 0 unspecified atom stereocenters. The van der Waals surface area contributed by atoms with Gasteiger partial charge in [0.05, 0.1) is 24.9 Å². The fourth-order valence-electron chi connectivity index (χ4n) is 1.54. The Bertz CT molecular complexity index is 714. The summed E-state index contributed by atoms with van der Waals surface area (Å²) in [5.41, 5.74) is 4.49. The normalized spacial score (nSPS) is 9.65. The number of methoxy groups -OCH3 is 2. The Kier molecular flexibility index (Phi) is 6.83. The van der Waals surface area contributed by atoms with E-state index in [4.69, 9.17) is 15.3 Å². The molecule has 9 heteroatoms. The van der Waals surface area contributed by atoms with E-state index in [1.165, 1.54) is 26.4 Å². The van der Waals surface area contributed by atoms with Gasteiger partial charge in [0.15, 0.2) is 23.2 Å². The lowest BCUT2D eigenvalue weighted by Crippen LogP contribution is -2.02. The summed E-state index contributed by atoms with van der Waals surface area (Å²) in [5.74, 6) is -3.25. The minimum absolute atomic E-state index is 0.0271. The Balaban J connectivity index is 0.000000593. The summed E-state index contributed by atoms with van der Waals surface area (Å²) in [5, 5.41) is 0. The summed E-state index contributed by atoms with van der Waals surface area (Å²) in [6.45, 7) is 0.375. The van der Waals surface area contributed by atoms with Crippen molar-refractivity contribution in [1.29, 1.82) is 0 Å². The number of aromatic nitrogens is 1. The minimum Gasteiger partial charge on any atom is -0.493 e. The maximum atomic E-state index is 14.0. The van der Waals surface area contributed by atoms with Crippen molar-refractivity contribution < 1.29 is 27.4 Å². The fourth-order valence-corrected chi connectivity index (χ4v) is 1.85. The molecule has 0 radical (unpaired) electrons. The van der Waals surface area contributed by atoms with Crippen LogP contribution in [-0.2, 0) is 9.53 Å². The molecule has 0 aliphatic carbocycles. The molecule has 0 aliphatic heterocycles. The second-order valence-electron chi connectivity index (χ2n) is 3.96. The topological polar surface area (TPSA) is 74.4 Å². The zero-order valence-corrected chi connectivity index (χ0v) is 13.7. The Morgan fingerprint density at radius 2 is 1.78 bits per heavy atom. The number of anilines is 1. The van der Waals surface area contributed by atoms with E-state index in [2.05, 4.69) is 25.7 Å². The van der Waals surface area contributed by atoms with Crippen LogP contribution in [0.5, 0.6) is 5.75 Å². The van der Waals surface area contributed by atoms with Crippen LogP contribution in [0.2, 0.25) is 0 Å². The molecule has 2 aromatic rings. The van der Waals surface area contributed by atoms with E-state index in [9.17, 15) is 13.2 Å². The molecule has 5 nitrogen and oxygen atoms in total. The highest BCUT2D eigenvalue weighted by molar-refractivity contribution is 9.10. The van der Waals surface area contributed by atoms with Gasteiger partial charge in [-0.2, -0.15) is 0 Å². The summed E-state index contributed by atoms with van der Waals surface area (Å²) in [4.78, 5) is 12.7. The monoisotopic (exact) mass is 392 g/mol. The van der Waals surface area contributed by atoms with Crippen LogP contribution in [0.3, 0.4) is 0 Å². The molecule has 0 fully saturated rings. The molecule has 1 heterocycles. The second-order valence-corrected chi connectivity index (χ2v) is 4.81. The number of carbonyl (C=O) groups excluding carboxylic acids is 1. The highest BCUT2D eigenvalue weighted by Gasteiger charge is 2.20. The fraction of sp³-hybridized carbons (Fsp3) is 0.143. The van der Waals surface area contributed by atoms with Crippen LogP contribution in [-0.4, -0.2) is 25.7 Å². The second kappa shape index (κ2) is 8.37. The van der Waals surface area contributed by atoms with E-state index >= 15 is 0 Å². The summed E-state index contributed by atoms with van der Waals surface area (Å²) in [7, 11) is 2.61. The third-order valence-corrected chi connectivity index (χ3v) is 3.24. The van der Waals surface area contributed by atoms with E-state index in [1.807, 2.05) is 0 Å². The van der Waals surface area contributed by atoms with Gasteiger partial charge < -0.3 is 15.2 Å². The molecule has 124 valence electrons. The van der Waals surface area contributed by atoms with Crippen molar-refractivity contribution in [2.75, 3.05) is 20.0 Å². The SMILES string of the molecule is COC=O.COc1cnc(-c2ccc(Br)c(F)c2F)c(F)c1N. The first-order valence-electron chi connectivity index (χ1n) is 5.97. The molecule has 23 heavy (non-hydrogen) atoms. The largest absolute Gasteiger partial charge is 0.493 e. The minimum atomic E-state index is -1.20. The van der Waals surface area contributed by atoms with E-state index in [0.29, 0.717) is 6.47 Å². The first kappa shape index (κ1) is 18.8. The van der Waals surface area contributed by atoms with Crippen molar-refractivity contribution in [2.45, 2.75) is 0 Å². The van der Waals surface area contributed by atoms with Gasteiger partial charge in [0.1, 0.15) is 11.4 Å². The molecule has 0 amide bonds. The summed E-state index contributed by atoms with van der Waals surface area (Å²) in [6, 6.07) is 2.47. The number of ether oxygens (including phenoxy) is 2. The summed E-state index contributed by atoms with van der Waals surface area (Å²) >= 11 is 2.83. The van der Waals surface area contributed by atoms with Gasteiger partial charge in [-0.3, -0.25) is 4.79 Å². The van der Waals surface area contributed by atoms with Crippen molar-refractivity contribution in [3.05, 3.63) is 40.3 Å². The molecular weight excluding hydrogens is 381 g/mol. The molecule has 1 aromatic heterocycles. The average Bonchev–Trinajstić information content (AvgIpc) is 2.56. The Morgan fingerprint density at radius 3 is 2.30 bits per heavy atom. The molecular formula is C14H12BrF3N2O3. The molecule has 0 saturated carbocycles. The van der Waals surface area contributed by atoms with Gasteiger partial charge >= 0.3 is 0 Å². The number of carbonyl (C=O) groups is 1. The van der Waals surface area contributed by atoms with Crippen molar-refractivity contribution in [2.24, 2.45) is 0 Å². The van der Waals surface area contributed by atoms with Crippen LogP contribution in [0.15, 0.2) is 22.8 Å². The van der Waals surface area contributed by atoms with E-state index in [-0.39, 0.29) is 27.2 Å². The molecule has 0 bridgehead atoms. The number of nitrogens with two attached hydrogens (primary N) is 1. The smallest absolute Gasteiger partial charge is 0.292 e. The number of hydrogen-bond acceptors (Lipinski definition) is 5. The van der Waals surface area contributed by atoms with Crippen LogP contribution in [0.4, 0.5) is 18.9 Å². The third-order valence-electron chi connectivity index (χ3n) is 2.63. The van der Waals surface area contributed by atoms with Crippen molar-refractivity contribution >= 4 is 28.1 Å². The lowest BCUT2D eigenvalue weighted by Gasteiger charge is -2.10. The standard InChI is InChI=1S/C12H8BrF3N2O.C2H4O2/c1-19-7-4-18-12(10(16)11(7)17)5-2-3-6(13)9(15)8(5)14;1-4-2-3/h2-4H,1H3,(H2,17,18);2H,1H3. The lowest BCUT2D eigenvalue weighted by atomic mass is 10.1. The number of halogens is 4. The first-order valence-corrected chi connectivity index (χ1v) is 6.76. The van der Waals surface area contributed by atoms with E-state index in [1.54, 1.807) is 0 Å². The van der Waals surface area contributed by atoms with Gasteiger partial charge in [-0.15, -0.1) is 0 Å². The van der Waals surface area contributed by atoms with Crippen LogP contribution in [0.1, 0.15) is 0 Å². The Labute approximate surface area is 138 Å². The zero-order valence-electron chi connectivity index (χ0n) is 12.1. The van der Waals surface area contributed by atoms with Crippen molar-refractivity contribution in [1.82, 2.24) is 4.98 Å². The molecule has 0 spiro atoms. The number of benzene rings is 1. The van der Waals surface area contributed by atoms with Gasteiger partial charge in [-0.25, -0.2) is 18.2 Å². The van der Waals surface area contributed by atoms with Crippen LogP contribution in [0, 0.1) is 17.5 Å².